The fourth-order valence-corrected chi connectivity index (χ4v) is 5.49. The number of rotatable bonds is 3. The number of hydrogen-bond donors (Lipinski definition) is 1. The van der Waals surface area contributed by atoms with Crippen LogP contribution in [0.15, 0.2) is 53.7 Å². The number of carbonyl (C=O) groups excluding carboxylic acids is 1. The van der Waals surface area contributed by atoms with E-state index in [1.165, 1.54) is 12.3 Å². The van der Waals surface area contributed by atoms with E-state index in [2.05, 4.69) is 4.98 Å². The molecule has 33 heavy (non-hydrogen) atoms. The number of aromatic nitrogens is 1. The van der Waals surface area contributed by atoms with E-state index in [4.69, 9.17) is 9.73 Å². The molecule has 1 aromatic heterocycles. The van der Waals surface area contributed by atoms with Gasteiger partial charge in [0.1, 0.15) is 17.4 Å². The molecular formula is C25H22F2N3O3+. The molecule has 2 fully saturated rings. The van der Waals surface area contributed by atoms with Crippen LogP contribution in [0.3, 0.4) is 0 Å². The number of quaternary nitrogens is 1. The lowest BCUT2D eigenvalue weighted by molar-refractivity contribution is -0.644. The van der Waals surface area contributed by atoms with E-state index in [1.54, 1.807) is 12.4 Å². The molecule has 1 N–H and O–H groups in total. The maximum absolute atomic E-state index is 13.8. The maximum Gasteiger partial charge on any atom is 0.354 e. The van der Waals surface area contributed by atoms with Gasteiger partial charge in [-0.25, -0.2) is 18.6 Å². The fourth-order valence-electron chi connectivity index (χ4n) is 5.49. The summed E-state index contributed by atoms with van der Waals surface area (Å²) in [6, 6.07) is 12.7. The number of amides is 1. The first-order valence-electron chi connectivity index (χ1n) is 11.0. The van der Waals surface area contributed by atoms with Crippen molar-refractivity contribution in [3.63, 3.8) is 0 Å². The lowest BCUT2D eigenvalue weighted by atomic mass is 9.92. The van der Waals surface area contributed by atoms with Crippen molar-refractivity contribution in [3.8, 4) is 0 Å². The molecular weight excluding hydrogens is 428 g/mol. The van der Waals surface area contributed by atoms with E-state index < -0.39 is 18.1 Å². The highest BCUT2D eigenvalue weighted by atomic mass is 19.3. The number of carbonyl (C=O) groups is 1. The molecule has 3 aromatic rings. The van der Waals surface area contributed by atoms with E-state index >= 15 is 0 Å². The highest BCUT2D eigenvalue weighted by molar-refractivity contribution is 6.11. The highest BCUT2D eigenvalue weighted by Crippen LogP contribution is 2.53. The number of nitrogens with zero attached hydrogens (tertiary/aromatic N) is 3. The minimum atomic E-state index is -2.64. The van der Waals surface area contributed by atoms with E-state index in [0.717, 1.165) is 16.3 Å². The Bertz CT molecular complexity index is 1330. The molecule has 3 unspecified atom stereocenters. The van der Waals surface area contributed by atoms with Crippen LogP contribution in [-0.2, 0) is 11.2 Å². The summed E-state index contributed by atoms with van der Waals surface area (Å²) in [6.45, 7) is 1.22. The van der Waals surface area contributed by atoms with Crippen LogP contribution in [0.5, 0.6) is 0 Å². The molecule has 6 nitrogen and oxygen atoms in total. The van der Waals surface area contributed by atoms with Crippen molar-refractivity contribution in [1.29, 1.82) is 0 Å². The van der Waals surface area contributed by atoms with Gasteiger partial charge >= 0.3 is 5.91 Å². The molecule has 4 heterocycles. The average Bonchev–Trinajstić information content (AvgIpc) is 3.47. The van der Waals surface area contributed by atoms with E-state index in [9.17, 15) is 18.7 Å². The molecule has 2 aromatic carbocycles. The van der Waals surface area contributed by atoms with Gasteiger partial charge in [0, 0.05) is 18.0 Å². The van der Waals surface area contributed by atoms with Crippen molar-refractivity contribution in [1.82, 2.24) is 4.98 Å². The summed E-state index contributed by atoms with van der Waals surface area (Å²) in [6.07, 6.45) is 0.675. The maximum atomic E-state index is 13.8. The number of ether oxygens (including phenoxy) is 1. The van der Waals surface area contributed by atoms with Gasteiger partial charge in [0.15, 0.2) is 18.4 Å². The van der Waals surface area contributed by atoms with Crippen LogP contribution in [0.4, 0.5) is 14.5 Å². The molecule has 0 radical (unpaired) electrons. The van der Waals surface area contributed by atoms with Gasteiger partial charge in [-0.3, -0.25) is 4.98 Å². The van der Waals surface area contributed by atoms with E-state index in [1.807, 2.05) is 30.3 Å². The predicted octanol–water partition coefficient (Wildman–Crippen LogP) is 3.93. The van der Waals surface area contributed by atoms with Gasteiger partial charge in [-0.2, -0.15) is 4.48 Å². The fraction of sp³-hybridized carbons (Fsp3) is 0.320. The van der Waals surface area contributed by atoms with Crippen LogP contribution in [-0.4, -0.2) is 58.2 Å². The number of alkyl halides is 2. The van der Waals surface area contributed by atoms with Crippen LogP contribution >= 0.6 is 0 Å². The number of aliphatic imine (C=N–C) groups is 1. The van der Waals surface area contributed by atoms with Gasteiger partial charge in [-0.15, -0.1) is 0 Å². The zero-order chi connectivity index (χ0) is 22.8. The topological polar surface area (TPSA) is 71.8 Å². The molecule has 3 aliphatic heterocycles. The Morgan fingerprint density at radius 1 is 1.21 bits per heavy atom. The molecule has 6 rings (SSSR count). The molecule has 1 amide bonds. The monoisotopic (exact) mass is 450 g/mol. The van der Waals surface area contributed by atoms with E-state index in [0.29, 0.717) is 42.8 Å². The van der Waals surface area contributed by atoms with Crippen LogP contribution in [0.1, 0.15) is 40.0 Å². The summed E-state index contributed by atoms with van der Waals surface area (Å²) in [5.74, 6) is -0.0871. The van der Waals surface area contributed by atoms with Crippen molar-refractivity contribution in [2.24, 2.45) is 4.99 Å². The zero-order valence-electron chi connectivity index (χ0n) is 17.7. The Hall–Kier alpha value is -3.07. The van der Waals surface area contributed by atoms with Crippen molar-refractivity contribution >= 4 is 28.7 Å². The Labute approximate surface area is 188 Å². The third kappa shape index (κ3) is 2.91. The zero-order valence-corrected chi connectivity index (χ0v) is 17.7. The summed E-state index contributed by atoms with van der Waals surface area (Å²) >= 11 is 0. The molecule has 0 saturated carbocycles. The molecule has 3 atom stereocenters. The van der Waals surface area contributed by atoms with Gasteiger partial charge < -0.3 is 9.84 Å². The number of halogens is 2. The van der Waals surface area contributed by atoms with Gasteiger partial charge in [0.05, 0.1) is 18.9 Å². The van der Waals surface area contributed by atoms with Crippen molar-refractivity contribution < 1.29 is 27.9 Å². The van der Waals surface area contributed by atoms with Gasteiger partial charge in [0.25, 0.3) is 6.43 Å². The number of aliphatic hydroxyl groups is 1. The van der Waals surface area contributed by atoms with Crippen molar-refractivity contribution in [2.45, 2.75) is 30.9 Å². The number of aliphatic hydroxyl groups excluding tert-OH is 1. The molecule has 0 bridgehead atoms. The summed E-state index contributed by atoms with van der Waals surface area (Å²) in [5.41, 5.74) is 1.84. The molecule has 8 heteroatoms. The average molecular weight is 450 g/mol. The number of pyridine rings is 1. The van der Waals surface area contributed by atoms with Crippen LogP contribution < -0.4 is 0 Å². The summed E-state index contributed by atoms with van der Waals surface area (Å²) < 4.78 is 31.7. The predicted molar refractivity (Wildman–Crippen MR) is 118 cm³/mol. The largest absolute Gasteiger partial charge is 0.384 e. The third-order valence-electron chi connectivity index (χ3n) is 7.33. The first kappa shape index (κ1) is 20.5. The van der Waals surface area contributed by atoms with Crippen molar-refractivity contribution in [2.75, 3.05) is 19.8 Å². The first-order chi connectivity index (χ1) is 15.9. The third-order valence-corrected chi connectivity index (χ3v) is 7.33. The first-order valence-corrected chi connectivity index (χ1v) is 11.0. The molecule has 168 valence electrons. The van der Waals surface area contributed by atoms with Gasteiger partial charge in [-0.1, -0.05) is 24.3 Å². The second-order valence-electron chi connectivity index (χ2n) is 9.06. The molecule has 3 aliphatic rings. The second-order valence-corrected chi connectivity index (χ2v) is 9.06. The molecule has 2 spiro atoms. The minimum Gasteiger partial charge on any atom is -0.384 e. The Kier molecular flexibility index (Phi) is 4.49. The van der Waals surface area contributed by atoms with Gasteiger partial charge in [-0.05, 0) is 41.1 Å². The van der Waals surface area contributed by atoms with Crippen LogP contribution in [0, 0.1) is 0 Å². The normalized spacial score (nSPS) is 28.1. The standard InChI is InChI=1S/C25H22F2N3O3/c26-23(27)20-10-15(5-7-28-20)9-16-11-19-22(18-4-2-1-3-17(16)18)29-14-30(24(19)32)13-25(30)6-8-33-12-21(25)31/h1-5,7,10-11,14,21,23,31H,6,8-9,12-13H2/q+1. The second kappa shape index (κ2) is 7.21. The quantitative estimate of drug-likeness (QED) is 0.485. The van der Waals surface area contributed by atoms with Crippen LogP contribution in [0.25, 0.3) is 10.8 Å². The molecule has 2 saturated heterocycles. The summed E-state index contributed by atoms with van der Waals surface area (Å²) in [7, 11) is 0. The van der Waals surface area contributed by atoms with Gasteiger partial charge in [0.2, 0.25) is 0 Å². The number of fused-ring (bicyclic) bond motifs is 4. The number of hydrogen-bond acceptors (Lipinski definition) is 5. The Balaban J connectivity index is 1.46. The SMILES string of the molecule is O=C1c2cc(Cc3ccnc(C(F)F)c3)c3ccccc3c2N=C[N+]12CC21CCOCC1O. The van der Waals surface area contributed by atoms with Crippen LogP contribution in [0.2, 0.25) is 0 Å². The Morgan fingerprint density at radius 3 is 2.82 bits per heavy atom. The van der Waals surface area contributed by atoms with E-state index in [-0.39, 0.29) is 22.7 Å². The summed E-state index contributed by atoms with van der Waals surface area (Å²) in [4.78, 5) is 22.3. The lowest BCUT2D eigenvalue weighted by Gasteiger charge is -2.30. The summed E-state index contributed by atoms with van der Waals surface area (Å²) in [5, 5.41) is 12.4. The minimum absolute atomic E-state index is 0.00704. The smallest absolute Gasteiger partial charge is 0.354 e. The highest BCUT2D eigenvalue weighted by Gasteiger charge is 2.78. The lowest BCUT2D eigenvalue weighted by Crippen LogP contribution is -2.52. The number of benzene rings is 2. The molecule has 0 aliphatic carbocycles. The van der Waals surface area contributed by atoms with Crippen molar-refractivity contribution in [3.05, 3.63) is 71.0 Å². The Morgan fingerprint density at radius 2 is 2.03 bits per heavy atom.